The second-order valence-corrected chi connectivity index (χ2v) is 8.02. The van der Waals surface area contributed by atoms with Crippen molar-refractivity contribution in [1.29, 1.82) is 0 Å². The van der Waals surface area contributed by atoms with E-state index in [1.165, 1.54) is 6.26 Å². The molecule has 25 heavy (non-hydrogen) atoms. The van der Waals surface area contributed by atoms with Crippen molar-refractivity contribution < 1.29 is 12.9 Å². The van der Waals surface area contributed by atoms with Crippen LogP contribution < -0.4 is 0 Å². The van der Waals surface area contributed by atoms with Crippen molar-refractivity contribution in [2.75, 3.05) is 13.3 Å². The smallest absolute Gasteiger partial charge is 0.175 e. The zero-order valence-corrected chi connectivity index (χ0v) is 14.9. The van der Waals surface area contributed by atoms with E-state index in [0.29, 0.717) is 18.0 Å². The Labute approximate surface area is 147 Å². The minimum absolute atomic E-state index is 0.330. The third kappa shape index (κ3) is 4.52. The van der Waals surface area contributed by atoms with Gasteiger partial charge in [-0.3, -0.25) is 9.88 Å². The number of sulfone groups is 1. The molecule has 130 valence electrons. The maximum Gasteiger partial charge on any atom is 0.175 e. The Bertz CT molecular complexity index is 935. The summed E-state index contributed by atoms with van der Waals surface area (Å²) in [5.74, 6) is 0.766. The first-order valence-corrected chi connectivity index (χ1v) is 9.64. The molecule has 0 spiro atoms. The standard InChI is InChI=1S/C18H19N3O3S/c1-21(12-14-3-5-17(6-4-14)25(2,22)23)13-16-11-18(20-24-16)15-7-9-19-10-8-15/h3-11H,12-13H2,1-2H3. The maximum absolute atomic E-state index is 11.5. The summed E-state index contributed by atoms with van der Waals surface area (Å²) >= 11 is 0. The van der Waals surface area contributed by atoms with Crippen LogP contribution in [0.5, 0.6) is 0 Å². The van der Waals surface area contributed by atoms with E-state index in [1.807, 2.05) is 37.4 Å². The van der Waals surface area contributed by atoms with Gasteiger partial charge in [0.15, 0.2) is 15.6 Å². The Kier molecular flexibility index (Phi) is 4.96. The molecular formula is C18H19N3O3S. The van der Waals surface area contributed by atoms with Crippen molar-refractivity contribution in [1.82, 2.24) is 15.0 Å². The summed E-state index contributed by atoms with van der Waals surface area (Å²) in [5.41, 5.74) is 2.77. The first-order chi connectivity index (χ1) is 11.9. The monoisotopic (exact) mass is 357 g/mol. The van der Waals surface area contributed by atoms with E-state index in [-0.39, 0.29) is 0 Å². The molecule has 0 fully saturated rings. The van der Waals surface area contributed by atoms with Gasteiger partial charge in [-0.1, -0.05) is 17.3 Å². The fourth-order valence-corrected chi connectivity index (χ4v) is 3.15. The van der Waals surface area contributed by atoms with Crippen molar-refractivity contribution in [3.8, 4) is 11.3 Å². The molecule has 6 nitrogen and oxygen atoms in total. The molecule has 0 radical (unpaired) electrons. The Hall–Kier alpha value is -2.51. The normalized spacial score (nSPS) is 11.8. The molecule has 3 rings (SSSR count). The van der Waals surface area contributed by atoms with E-state index in [1.54, 1.807) is 24.5 Å². The molecule has 3 aromatic rings. The number of hydrogen-bond donors (Lipinski definition) is 0. The minimum atomic E-state index is -3.16. The van der Waals surface area contributed by atoms with Crippen molar-refractivity contribution >= 4 is 9.84 Å². The highest BCUT2D eigenvalue weighted by Gasteiger charge is 2.10. The Morgan fingerprint density at radius 1 is 1.04 bits per heavy atom. The summed E-state index contributed by atoms with van der Waals surface area (Å²) < 4.78 is 28.4. The molecule has 0 saturated carbocycles. The molecule has 0 atom stereocenters. The lowest BCUT2D eigenvalue weighted by Gasteiger charge is -2.14. The Morgan fingerprint density at radius 2 is 1.72 bits per heavy atom. The molecule has 0 saturated heterocycles. The third-order valence-corrected chi connectivity index (χ3v) is 4.89. The lowest BCUT2D eigenvalue weighted by molar-refractivity contribution is 0.267. The molecule has 2 heterocycles. The molecule has 0 aliphatic rings. The van der Waals surface area contributed by atoms with Crippen LogP contribution in [0, 0.1) is 0 Å². The number of pyridine rings is 1. The van der Waals surface area contributed by atoms with Crippen LogP contribution in [0.25, 0.3) is 11.3 Å². The summed E-state index contributed by atoms with van der Waals surface area (Å²) in [6, 6.07) is 12.6. The van der Waals surface area contributed by atoms with Gasteiger partial charge in [0, 0.05) is 36.8 Å². The van der Waals surface area contributed by atoms with Crippen molar-refractivity contribution in [3.63, 3.8) is 0 Å². The van der Waals surface area contributed by atoms with Crippen LogP contribution in [0.4, 0.5) is 0 Å². The summed E-state index contributed by atoms with van der Waals surface area (Å²) in [6.45, 7) is 1.28. The number of hydrogen-bond acceptors (Lipinski definition) is 6. The van der Waals surface area contributed by atoms with Gasteiger partial charge in [-0.25, -0.2) is 8.42 Å². The third-order valence-electron chi connectivity index (χ3n) is 3.76. The predicted molar refractivity (Wildman–Crippen MR) is 94.5 cm³/mol. The molecule has 0 N–H and O–H groups in total. The largest absolute Gasteiger partial charge is 0.359 e. The molecule has 0 bridgehead atoms. The molecule has 7 heteroatoms. The predicted octanol–water partition coefficient (Wildman–Crippen LogP) is 2.77. The number of aromatic nitrogens is 2. The first-order valence-electron chi connectivity index (χ1n) is 7.75. The van der Waals surface area contributed by atoms with Crippen molar-refractivity contribution in [2.45, 2.75) is 18.0 Å². The van der Waals surface area contributed by atoms with Crippen LogP contribution in [0.1, 0.15) is 11.3 Å². The van der Waals surface area contributed by atoms with Crippen LogP contribution in [-0.2, 0) is 22.9 Å². The van der Waals surface area contributed by atoms with Crippen molar-refractivity contribution in [3.05, 3.63) is 66.2 Å². The lowest BCUT2D eigenvalue weighted by atomic mass is 10.2. The highest BCUT2D eigenvalue weighted by Crippen LogP contribution is 2.19. The number of rotatable bonds is 6. The van der Waals surface area contributed by atoms with Crippen LogP contribution in [0.2, 0.25) is 0 Å². The van der Waals surface area contributed by atoms with Crippen LogP contribution in [-0.4, -0.2) is 36.8 Å². The van der Waals surface area contributed by atoms with Gasteiger partial charge in [0.25, 0.3) is 0 Å². The number of benzene rings is 1. The van der Waals surface area contributed by atoms with Gasteiger partial charge in [-0.2, -0.15) is 0 Å². The van der Waals surface area contributed by atoms with E-state index >= 15 is 0 Å². The fraction of sp³-hybridized carbons (Fsp3) is 0.222. The Balaban J connectivity index is 1.63. The Morgan fingerprint density at radius 3 is 2.36 bits per heavy atom. The van der Waals surface area contributed by atoms with Crippen LogP contribution in [0.3, 0.4) is 0 Å². The van der Waals surface area contributed by atoms with Gasteiger partial charge in [0.2, 0.25) is 0 Å². The summed E-state index contributed by atoms with van der Waals surface area (Å²) in [4.78, 5) is 6.40. The van der Waals surface area contributed by atoms with Gasteiger partial charge in [0.05, 0.1) is 11.4 Å². The molecule has 0 amide bonds. The average Bonchev–Trinajstić information content (AvgIpc) is 3.03. The molecule has 1 aromatic carbocycles. The second-order valence-electron chi connectivity index (χ2n) is 6.00. The number of nitrogens with zero attached hydrogens (tertiary/aromatic N) is 3. The quantitative estimate of drug-likeness (QED) is 0.675. The molecule has 0 unspecified atom stereocenters. The first kappa shape index (κ1) is 17.3. The molecular weight excluding hydrogens is 338 g/mol. The van der Waals surface area contributed by atoms with Gasteiger partial charge < -0.3 is 4.52 Å². The zero-order chi connectivity index (χ0) is 17.9. The van der Waals surface area contributed by atoms with Gasteiger partial charge in [0.1, 0.15) is 5.69 Å². The zero-order valence-electron chi connectivity index (χ0n) is 14.1. The van der Waals surface area contributed by atoms with Crippen LogP contribution in [0.15, 0.2) is 64.3 Å². The van der Waals surface area contributed by atoms with Crippen LogP contribution >= 0.6 is 0 Å². The van der Waals surface area contributed by atoms with Gasteiger partial charge >= 0.3 is 0 Å². The molecule has 0 aliphatic heterocycles. The van der Waals surface area contributed by atoms with E-state index in [2.05, 4.69) is 15.0 Å². The topological polar surface area (TPSA) is 76.3 Å². The minimum Gasteiger partial charge on any atom is -0.359 e. The second kappa shape index (κ2) is 7.16. The molecule has 0 aliphatic carbocycles. The average molecular weight is 357 g/mol. The SMILES string of the molecule is CN(Cc1ccc(S(C)(=O)=O)cc1)Cc1cc(-c2ccncc2)no1. The lowest BCUT2D eigenvalue weighted by Crippen LogP contribution is -2.16. The van der Waals surface area contributed by atoms with Gasteiger partial charge in [-0.15, -0.1) is 0 Å². The molecule has 2 aromatic heterocycles. The fourth-order valence-electron chi connectivity index (χ4n) is 2.52. The van der Waals surface area contributed by atoms with Crippen molar-refractivity contribution in [2.24, 2.45) is 0 Å². The van der Waals surface area contributed by atoms with Gasteiger partial charge in [-0.05, 0) is 36.9 Å². The van der Waals surface area contributed by atoms with E-state index in [9.17, 15) is 8.42 Å². The summed E-state index contributed by atoms with van der Waals surface area (Å²) in [5, 5.41) is 4.09. The summed E-state index contributed by atoms with van der Waals surface area (Å²) in [7, 11) is -1.19. The highest BCUT2D eigenvalue weighted by atomic mass is 32.2. The van der Waals surface area contributed by atoms with E-state index in [0.717, 1.165) is 22.6 Å². The maximum atomic E-state index is 11.5. The highest BCUT2D eigenvalue weighted by molar-refractivity contribution is 7.90. The van der Waals surface area contributed by atoms with E-state index < -0.39 is 9.84 Å². The summed E-state index contributed by atoms with van der Waals surface area (Å²) in [6.07, 6.45) is 4.64. The van der Waals surface area contributed by atoms with E-state index in [4.69, 9.17) is 4.52 Å².